The molecule has 392 valence electrons. The lowest BCUT2D eigenvalue weighted by atomic mass is 10.0. The zero-order valence-corrected chi connectivity index (χ0v) is 43.6. The van der Waals surface area contributed by atoms with Crippen molar-refractivity contribution in [2.24, 2.45) is 0 Å². The summed E-state index contributed by atoms with van der Waals surface area (Å²) in [5.74, 6) is -0.980. The van der Waals surface area contributed by atoms with Gasteiger partial charge in [0, 0.05) is 19.3 Å². The van der Waals surface area contributed by atoms with Crippen molar-refractivity contribution < 1.29 is 47.9 Å². The van der Waals surface area contributed by atoms with Crippen LogP contribution in [0.2, 0.25) is 0 Å². The summed E-state index contributed by atoms with van der Waals surface area (Å²) in [5.41, 5.74) is 0. The molecule has 3 aliphatic heterocycles. The molecule has 0 aliphatic carbocycles. The molecule has 3 heterocycles. The van der Waals surface area contributed by atoms with Gasteiger partial charge in [-0.15, -0.1) is 0 Å². The largest absolute Gasteiger partial charge is 0.462 e. The van der Waals surface area contributed by atoms with Gasteiger partial charge in [0.15, 0.2) is 6.10 Å². The van der Waals surface area contributed by atoms with Crippen LogP contribution in [-0.2, 0) is 42.8 Å². The van der Waals surface area contributed by atoms with Gasteiger partial charge < -0.3 is 33.5 Å². The van der Waals surface area contributed by atoms with Crippen molar-refractivity contribution in [3.05, 3.63) is 0 Å². The average Bonchev–Trinajstić information content (AvgIpc) is 4.26. The van der Waals surface area contributed by atoms with Crippen LogP contribution in [0.4, 0.5) is 0 Å². The fourth-order valence-electron chi connectivity index (χ4n) is 9.76. The topological polar surface area (TPSA) is 137 Å². The van der Waals surface area contributed by atoms with Gasteiger partial charge in [-0.2, -0.15) is 0 Å². The van der Waals surface area contributed by atoms with Gasteiger partial charge in [0.05, 0.1) is 42.7 Å². The Labute approximate surface area is 410 Å². The number of aliphatic hydroxyl groups excluding tert-OH is 1. The molecule has 0 aromatic heterocycles. The second-order valence-electron chi connectivity index (χ2n) is 20.9. The fraction of sp³-hybridized carbons (Fsp3) is 0.947. The number of hydrogen-bond donors (Lipinski definition) is 1. The Balaban J connectivity index is 1.22. The number of ether oxygens (including phenoxy) is 6. The lowest BCUT2D eigenvalue weighted by Crippen LogP contribution is -2.30. The van der Waals surface area contributed by atoms with Crippen molar-refractivity contribution in [1.29, 1.82) is 0 Å². The summed E-state index contributed by atoms with van der Waals surface area (Å²) in [5, 5.41) is 10.4. The van der Waals surface area contributed by atoms with Crippen LogP contribution in [0.5, 0.6) is 0 Å². The zero-order chi connectivity index (χ0) is 48.0. The normalized spacial score (nSPS) is 21.5. The summed E-state index contributed by atoms with van der Waals surface area (Å²) in [4.78, 5) is 38.3. The van der Waals surface area contributed by atoms with E-state index in [9.17, 15) is 19.5 Å². The molecule has 67 heavy (non-hydrogen) atoms. The number of hydrogen-bond acceptors (Lipinski definition) is 10. The maximum atomic E-state index is 12.9. The first-order valence-electron chi connectivity index (χ1n) is 29.0. The van der Waals surface area contributed by atoms with Gasteiger partial charge in [-0.3, -0.25) is 14.4 Å². The van der Waals surface area contributed by atoms with Crippen molar-refractivity contribution in [3.8, 4) is 0 Å². The molecule has 1 N–H and O–H groups in total. The number of aliphatic hydroxyl groups is 1. The average molecular weight is 949 g/mol. The fourth-order valence-corrected chi connectivity index (χ4v) is 9.76. The maximum Gasteiger partial charge on any atom is 0.306 e. The number of rotatable bonds is 50. The van der Waals surface area contributed by atoms with Crippen LogP contribution in [0, 0.1) is 0 Å². The molecule has 0 amide bonds. The Kier molecular flexibility index (Phi) is 35.5. The van der Waals surface area contributed by atoms with Gasteiger partial charge in [0.1, 0.15) is 13.2 Å². The van der Waals surface area contributed by atoms with Crippen molar-refractivity contribution in [2.45, 2.75) is 333 Å². The van der Waals surface area contributed by atoms with Crippen molar-refractivity contribution in [3.63, 3.8) is 0 Å². The molecule has 3 rings (SSSR count). The molecule has 0 bridgehead atoms. The highest BCUT2D eigenvalue weighted by atomic mass is 16.6. The lowest BCUT2D eigenvalue weighted by molar-refractivity contribution is -0.167. The second-order valence-corrected chi connectivity index (χ2v) is 20.9. The van der Waals surface area contributed by atoms with Crippen LogP contribution >= 0.6 is 0 Å². The molecule has 8 atom stereocenters. The number of epoxide rings is 3. The molecular formula is C57H104O10. The smallest absolute Gasteiger partial charge is 0.306 e. The van der Waals surface area contributed by atoms with E-state index in [0.29, 0.717) is 55.9 Å². The van der Waals surface area contributed by atoms with Crippen LogP contribution in [0.15, 0.2) is 0 Å². The quantitative estimate of drug-likeness (QED) is 0.0272. The van der Waals surface area contributed by atoms with E-state index in [1.165, 1.54) is 116 Å². The number of unbranched alkanes of at least 4 members (excludes halogenated alkanes) is 24. The Morgan fingerprint density at radius 2 is 0.672 bits per heavy atom. The summed E-state index contributed by atoms with van der Waals surface area (Å²) in [7, 11) is 0. The Hall–Kier alpha value is -1.75. The molecule has 0 aromatic rings. The summed E-state index contributed by atoms with van der Waals surface area (Å²) < 4.78 is 34.4. The van der Waals surface area contributed by atoms with E-state index in [4.69, 9.17) is 28.4 Å². The molecule has 10 nitrogen and oxygen atoms in total. The molecule has 0 spiro atoms. The molecule has 3 saturated heterocycles. The van der Waals surface area contributed by atoms with Crippen LogP contribution in [-0.4, -0.2) is 85.1 Å². The SMILES string of the molecule is CCCCCCCCC1OC1CCCCCCCC(=O)OCC(COC(=O)CCCCCCCC(O)CCC1OC1CCCCC)OC(=O)CCCCCCCC1OC1CCCCCCCC. The Bertz CT molecular complexity index is 1210. The summed E-state index contributed by atoms with van der Waals surface area (Å²) in [6.07, 6.45) is 45.5. The first-order valence-corrected chi connectivity index (χ1v) is 29.0. The molecule has 0 radical (unpaired) electrons. The van der Waals surface area contributed by atoms with Gasteiger partial charge >= 0.3 is 17.9 Å². The predicted octanol–water partition coefficient (Wildman–Crippen LogP) is 14.7. The minimum atomic E-state index is -0.817. The molecule has 3 aliphatic rings. The van der Waals surface area contributed by atoms with Gasteiger partial charge in [-0.05, 0) is 70.6 Å². The minimum absolute atomic E-state index is 0.110. The summed E-state index contributed by atoms with van der Waals surface area (Å²) in [6, 6.07) is 0. The molecular weight excluding hydrogens is 845 g/mol. The van der Waals surface area contributed by atoms with E-state index in [1.807, 2.05) is 0 Å². The molecule has 0 saturated carbocycles. The van der Waals surface area contributed by atoms with E-state index in [-0.39, 0.29) is 37.2 Å². The lowest BCUT2D eigenvalue weighted by Gasteiger charge is -2.18. The molecule has 10 heteroatoms. The number of carbonyl (C=O) groups is 3. The highest BCUT2D eigenvalue weighted by Gasteiger charge is 2.38. The Morgan fingerprint density at radius 1 is 0.373 bits per heavy atom. The van der Waals surface area contributed by atoms with Crippen LogP contribution in [0.25, 0.3) is 0 Å². The van der Waals surface area contributed by atoms with E-state index in [2.05, 4.69) is 20.8 Å². The van der Waals surface area contributed by atoms with E-state index in [0.717, 1.165) is 128 Å². The van der Waals surface area contributed by atoms with Crippen LogP contribution in [0.1, 0.15) is 284 Å². The van der Waals surface area contributed by atoms with Gasteiger partial charge in [0.25, 0.3) is 0 Å². The maximum absolute atomic E-state index is 12.9. The van der Waals surface area contributed by atoms with Crippen molar-refractivity contribution >= 4 is 17.9 Å². The highest BCUT2D eigenvalue weighted by molar-refractivity contribution is 5.71. The highest BCUT2D eigenvalue weighted by Crippen LogP contribution is 2.34. The Morgan fingerprint density at radius 3 is 1.07 bits per heavy atom. The third kappa shape index (κ3) is 33.5. The van der Waals surface area contributed by atoms with Gasteiger partial charge in [0.2, 0.25) is 0 Å². The third-order valence-corrected chi connectivity index (χ3v) is 14.4. The van der Waals surface area contributed by atoms with Gasteiger partial charge in [-0.25, -0.2) is 0 Å². The monoisotopic (exact) mass is 949 g/mol. The van der Waals surface area contributed by atoms with Crippen molar-refractivity contribution in [1.82, 2.24) is 0 Å². The minimum Gasteiger partial charge on any atom is -0.462 e. The van der Waals surface area contributed by atoms with E-state index < -0.39 is 6.10 Å². The van der Waals surface area contributed by atoms with E-state index >= 15 is 0 Å². The first kappa shape index (κ1) is 59.6. The third-order valence-electron chi connectivity index (χ3n) is 14.4. The van der Waals surface area contributed by atoms with Crippen molar-refractivity contribution in [2.75, 3.05) is 13.2 Å². The molecule has 8 unspecified atom stereocenters. The zero-order valence-electron chi connectivity index (χ0n) is 43.6. The number of esters is 3. The summed E-state index contributed by atoms with van der Waals surface area (Å²) in [6.45, 7) is 6.51. The molecule has 3 fully saturated rings. The van der Waals surface area contributed by atoms with E-state index in [1.54, 1.807) is 0 Å². The standard InChI is InChI=1S/C57H104O10/c1-4-7-10-12-18-27-36-49-51(65-49)38-29-20-15-23-32-41-56(60)63-46-48(64-57(61)42-33-24-16-21-30-39-52-50(66-52)37-28-19-13-11-8-5-2)45-62-55(59)40-31-22-14-17-26-34-47(58)43-44-54-53(67-54)35-25-9-6-3/h47-54,58H,4-46H2,1-3H3. The molecule has 0 aromatic carbocycles. The van der Waals surface area contributed by atoms with Crippen LogP contribution < -0.4 is 0 Å². The van der Waals surface area contributed by atoms with Gasteiger partial charge in [-0.1, -0.05) is 194 Å². The summed E-state index contributed by atoms with van der Waals surface area (Å²) >= 11 is 0. The second kappa shape index (κ2) is 39.9. The predicted molar refractivity (Wildman–Crippen MR) is 270 cm³/mol. The first-order chi connectivity index (χ1) is 32.8. The number of carbonyl (C=O) groups excluding carboxylic acids is 3. The van der Waals surface area contributed by atoms with Crippen LogP contribution in [0.3, 0.4) is 0 Å².